The first kappa shape index (κ1) is 23.0. The third-order valence-electron chi connectivity index (χ3n) is 4.87. The third kappa shape index (κ3) is 5.41. The molecule has 0 spiro atoms. The van der Waals surface area contributed by atoms with E-state index in [1.165, 1.54) is 7.11 Å². The van der Waals surface area contributed by atoms with Crippen molar-refractivity contribution in [1.82, 2.24) is 19.9 Å². The predicted octanol–water partition coefficient (Wildman–Crippen LogP) is 3.18. The first-order valence-corrected chi connectivity index (χ1v) is 11.3. The highest BCUT2D eigenvalue weighted by molar-refractivity contribution is 7.99. The molecule has 172 valence electrons. The van der Waals surface area contributed by atoms with E-state index in [4.69, 9.17) is 4.74 Å². The molecule has 0 saturated heterocycles. The number of esters is 1. The first-order valence-electron chi connectivity index (χ1n) is 10.3. The minimum Gasteiger partial charge on any atom is -0.465 e. The summed E-state index contributed by atoms with van der Waals surface area (Å²) in [4.78, 5) is 37.0. The molecule has 2 heterocycles. The molecule has 0 saturated carbocycles. The van der Waals surface area contributed by atoms with Crippen molar-refractivity contribution < 1.29 is 19.1 Å². The molecule has 2 amide bonds. The number of pyridine rings is 1. The van der Waals surface area contributed by atoms with Crippen LogP contribution in [0.3, 0.4) is 0 Å². The number of thioether (sulfide) groups is 1. The van der Waals surface area contributed by atoms with Crippen LogP contribution in [0, 0.1) is 0 Å². The Labute approximate surface area is 199 Å². The number of nitrogens with one attached hydrogen (secondary N) is 2. The summed E-state index contributed by atoms with van der Waals surface area (Å²) in [5.74, 6) is -1.06. The molecule has 34 heavy (non-hydrogen) atoms. The Bertz CT molecular complexity index is 1340. The fourth-order valence-corrected chi connectivity index (χ4v) is 3.90. The van der Waals surface area contributed by atoms with Gasteiger partial charge in [0.25, 0.3) is 5.91 Å². The van der Waals surface area contributed by atoms with Crippen LogP contribution in [0.15, 0.2) is 78.1 Å². The molecule has 4 rings (SSSR count). The summed E-state index contributed by atoms with van der Waals surface area (Å²) in [6.45, 7) is 0.411. The number of fused-ring (bicyclic) bond motifs is 1. The maximum atomic E-state index is 12.6. The number of para-hydroxylation sites is 1. The molecule has 2 N–H and O–H groups in total. The van der Waals surface area contributed by atoms with Crippen molar-refractivity contribution >= 4 is 40.9 Å². The van der Waals surface area contributed by atoms with E-state index < -0.39 is 5.97 Å². The second kappa shape index (κ2) is 10.6. The van der Waals surface area contributed by atoms with Crippen LogP contribution < -0.4 is 10.6 Å². The second-order valence-corrected chi connectivity index (χ2v) is 8.11. The number of nitrogens with zero attached hydrogens (tertiary/aromatic N) is 3. The number of aromatic nitrogens is 3. The van der Waals surface area contributed by atoms with Gasteiger partial charge in [-0.3, -0.25) is 14.0 Å². The molecular formula is C24H21N5O4S. The molecule has 4 aromatic rings. The zero-order chi connectivity index (χ0) is 23.9. The summed E-state index contributed by atoms with van der Waals surface area (Å²) in [6.07, 6.45) is 1.64. The highest BCUT2D eigenvalue weighted by Crippen LogP contribution is 2.20. The summed E-state index contributed by atoms with van der Waals surface area (Å²) in [6, 6.07) is 19.6. The number of carbonyl (C=O) groups is 3. The van der Waals surface area contributed by atoms with Crippen LogP contribution in [0.5, 0.6) is 0 Å². The van der Waals surface area contributed by atoms with Crippen LogP contribution in [-0.2, 0) is 16.1 Å². The summed E-state index contributed by atoms with van der Waals surface area (Å²) in [5.41, 5.74) is 2.63. The average molecular weight is 476 g/mol. The molecule has 0 aliphatic heterocycles. The number of hydrogen-bond donors (Lipinski definition) is 2. The quantitative estimate of drug-likeness (QED) is 0.297. The molecule has 9 nitrogen and oxygen atoms in total. The molecule has 0 radical (unpaired) electrons. The molecule has 0 unspecified atom stereocenters. The first-order chi connectivity index (χ1) is 16.5. The topological polar surface area (TPSA) is 115 Å². The van der Waals surface area contributed by atoms with E-state index in [-0.39, 0.29) is 23.1 Å². The lowest BCUT2D eigenvalue weighted by Gasteiger charge is -2.09. The Hall–Kier alpha value is -4.18. The van der Waals surface area contributed by atoms with Gasteiger partial charge in [0.15, 0.2) is 10.8 Å². The number of rotatable bonds is 8. The standard InChI is InChI=1S/C24H21N5O4S/c1-33-23(32)18-9-5-6-10-19(18)26-21(30)15-34-24-28-27-20-12-11-17(14-29(20)24)22(31)25-13-16-7-3-2-4-8-16/h2-12,14H,13,15H2,1H3,(H,25,31)(H,26,30). The van der Waals surface area contributed by atoms with Gasteiger partial charge in [-0.25, -0.2) is 4.79 Å². The van der Waals surface area contributed by atoms with Gasteiger partial charge in [-0.15, -0.1) is 10.2 Å². The molecule has 2 aromatic carbocycles. The number of ether oxygens (including phenoxy) is 1. The molecule has 10 heteroatoms. The second-order valence-electron chi connectivity index (χ2n) is 7.17. The van der Waals surface area contributed by atoms with Crippen LogP contribution in [0.25, 0.3) is 5.65 Å². The van der Waals surface area contributed by atoms with E-state index in [0.29, 0.717) is 28.6 Å². The minimum atomic E-state index is -0.537. The van der Waals surface area contributed by atoms with Crippen LogP contribution in [-0.4, -0.2) is 45.2 Å². The number of methoxy groups -OCH3 is 1. The maximum Gasteiger partial charge on any atom is 0.339 e. The zero-order valence-electron chi connectivity index (χ0n) is 18.2. The monoisotopic (exact) mass is 475 g/mol. The number of hydrogen-bond acceptors (Lipinski definition) is 7. The lowest BCUT2D eigenvalue weighted by Crippen LogP contribution is -2.23. The SMILES string of the molecule is COC(=O)c1ccccc1NC(=O)CSc1nnc2ccc(C(=O)NCc3ccccc3)cn12. The van der Waals surface area contributed by atoms with Crippen molar-refractivity contribution in [2.75, 3.05) is 18.2 Å². The van der Waals surface area contributed by atoms with Crippen LogP contribution in [0.2, 0.25) is 0 Å². The molecule has 0 aliphatic rings. The predicted molar refractivity (Wildman–Crippen MR) is 128 cm³/mol. The van der Waals surface area contributed by atoms with Crippen LogP contribution in [0.1, 0.15) is 26.3 Å². The van der Waals surface area contributed by atoms with Gasteiger partial charge in [0.05, 0.1) is 29.7 Å². The highest BCUT2D eigenvalue weighted by Gasteiger charge is 2.15. The lowest BCUT2D eigenvalue weighted by molar-refractivity contribution is -0.113. The van der Waals surface area contributed by atoms with E-state index in [2.05, 4.69) is 20.8 Å². The van der Waals surface area contributed by atoms with Crippen molar-refractivity contribution in [3.63, 3.8) is 0 Å². The summed E-state index contributed by atoms with van der Waals surface area (Å²) >= 11 is 1.16. The van der Waals surface area contributed by atoms with Crippen molar-refractivity contribution in [3.05, 3.63) is 89.6 Å². The number of benzene rings is 2. The number of carbonyl (C=O) groups excluding carboxylic acids is 3. The fourth-order valence-electron chi connectivity index (χ4n) is 3.18. The Balaban J connectivity index is 1.41. The summed E-state index contributed by atoms with van der Waals surface area (Å²) in [7, 11) is 1.28. The normalized spacial score (nSPS) is 10.6. The van der Waals surface area contributed by atoms with Gasteiger partial charge in [0.2, 0.25) is 5.91 Å². The maximum absolute atomic E-state index is 12.6. The van der Waals surface area contributed by atoms with E-state index in [9.17, 15) is 14.4 Å². The minimum absolute atomic E-state index is 0.0285. The van der Waals surface area contributed by atoms with E-state index in [0.717, 1.165) is 17.3 Å². The fraction of sp³-hybridized carbons (Fsp3) is 0.125. The molecular weight excluding hydrogens is 454 g/mol. The van der Waals surface area contributed by atoms with Crippen LogP contribution >= 0.6 is 11.8 Å². The number of amides is 2. The van der Waals surface area contributed by atoms with Gasteiger partial charge in [-0.1, -0.05) is 54.2 Å². The lowest BCUT2D eigenvalue weighted by atomic mass is 10.2. The highest BCUT2D eigenvalue weighted by atomic mass is 32.2. The Morgan fingerprint density at radius 3 is 2.53 bits per heavy atom. The molecule has 0 atom stereocenters. The van der Waals surface area contributed by atoms with Crippen molar-refractivity contribution in [2.24, 2.45) is 0 Å². The van der Waals surface area contributed by atoms with E-state index >= 15 is 0 Å². The molecule has 0 bridgehead atoms. The van der Waals surface area contributed by atoms with Gasteiger partial charge in [0, 0.05) is 12.7 Å². The summed E-state index contributed by atoms with van der Waals surface area (Å²) in [5, 5.41) is 14.3. The summed E-state index contributed by atoms with van der Waals surface area (Å²) < 4.78 is 6.41. The van der Waals surface area contributed by atoms with E-state index in [1.807, 2.05) is 30.3 Å². The van der Waals surface area contributed by atoms with E-state index in [1.54, 1.807) is 47.0 Å². The smallest absolute Gasteiger partial charge is 0.339 e. The molecule has 2 aromatic heterocycles. The van der Waals surface area contributed by atoms with Crippen molar-refractivity contribution in [1.29, 1.82) is 0 Å². The van der Waals surface area contributed by atoms with Gasteiger partial charge in [0.1, 0.15) is 0 Å². The average Bonchev–Trinajstić information content (AvgIpc) is 3.28. The van der Waals surface area contributed by atoms with Gasteiger partial charge in [-0.2, -0.15) is 0 Å². The largest absolute Gasteiger partial charge is 0.465 e. The molecule has 0 fully saturated rings. The van der Waals surface area contributed by atoms with Gasteiger partial charge >= 0.3 is 5.97 Å². The molecule has 0 aliphatic carbocycles. The van der Waals surface area contributed by atoms with Gasteiger partial charge < -0.3 is 15.4 Å². The Kier molecular flexibility index (Phi) is 7.19. The Morgan fingerprint density at radius 2 is 1.74 bits per heavy atom. The van der Waals surface area contributed by atoms with Crippen LogP contribution in [0.4, 0.5) is 5.69 Å². The van der Waals surface area contributed by atoms with Gasteiger partial charge in [-0.05, 0) is 29.8 Å². The van der Waals surface area contributed by atoms with Crippen molar-refractivity contribution in [3.8, 4) is 0 Å². The Morgan fingerprint density at radius 1 is 0.971 bits per heavy atom. The third-order valence-corrected chi connectivity index (χ3v) is 5.81. The van der Waals surface area contributed by atoms with Crippen molar-refractivity contribution in [2.45, 2.75) is 11.7 Å². The number of anilines is 1. The zero-order valence-corrected chi connectivity index (χ0v) is 19.0.